The first-order chi connectivity index (χ1) is 20.0. The highest BCUT2D eigenvalue weighted by molar-refractivity contribution is 6.33. The highest BCUT2D eigenvalue weighted by Crippen LogP contribution is 2.48. The van der Waals surface area contributed by atoms with Gasteiger partial charge in [-0.15, -0.1) is 0 Å². The Kier molecular flexibility index (Phi) is 8.72. The maximum absolute atomic E-state index is 7.07. The van der Waals surface area contributed by atoms with Crippen molar-refractivity contribution in [2.45, 2.75) is 65.2 Å². The Bertz CT molecular complexity index is 1540. The van der Waals surface area contributed by atoms with Crippen molar-refractivity contribution in [2.24, 2.45) is 0 Å². The van der Waals surface area contributed by atoms with Gasteiger partial charge in [0.2, 0.25) is 5.69 Å². The van der Waals surface area contributed by atoms with Gasteiger partial charge < -0.3 is 14.4 Å². The molecule has 0 unspecified atom stereocenters. The fraction of sp³-hybridized carbons (Fsp3) is 0.432. The Hall–Kier alpha value is -2.92. The van der Waals surface area contributed by atoms with Crippen LogP contribution < -0.4 is 4.90 Å². The van der Waals surface area contributed by atoms with Gasteiger partial charge in [-0.1, -0.05) is 66.9 Å². The quantitative estimate of drug-likeness (QED) is 0.276. The summed E-state index contributed by atoms with van der Waals surface area (Å²) in [4.78, 5) is 2.41. The molecule has 0 spiro atoms. The summed E-state index contributed by atoms with van der Waals surface area (Å²) in [5.74, 6) is 0. The second-order valence-corrected chi connectivity index (χ2v) is 13.3. The smallest absolute Gasteiger partial charge is 0.209 e. The van der Waals surface area contributed by atoms with Crippen LogP contribution in [-0.2, 0) is 20.3 Å². The van der Waals surface area contributed by atoms with E-state index in [2.05, 4.69) is 112 Å². The number of ether oxygens (including phenoxy) is 2. The molecule has 0 amide bonds. The minimum Gasteiger partial charge on any atom is -0.383 e. The highest BCUT2D eigenvalue weighted by atomic mass is 35.5. The van der Waals surface area contributed by atoms with Crippen LogP contribution in [0.3, 0.4) is 0 Å². The molecule has 5 rings (SSSR count). The molecule has 2 aliphatic heterocycles. The van der Waals surface area contributed by atoms with E-state index in [-0.39, 0.29) is 10.8 Å². The van der Waals surface area contributed by atoms with Crippen molar-refractivity contribution < 1.29 is 14.0 Å². The minimum atomic E-state index is -0.104. The third kappa shape index (κ3) is 5.45. The molecule has 0 aromatic heterocycles. The van der Waals surface area contributed by atoms with E-state index in [4.69, 9.17) is 21.1 Å². The van der Waals surface area contributed by atoms with Gasteiger partial charge in [-0.2, -0.15) is 4.58 Å². The first-order valence-corrected chi connectivity index (χ1v) is 15.5. The average molecular weight is 586 g/mol. The molecule has 0 saturated carbocycles. The Morgan fingerprint density at radius 1 is 0.857 bits per heavy atom. The molecule has 0 fully saturated rings. The number of fused-ring (bicyclic) bond motifs is 2. The van der Waals surface area contributed by atoms with Crippen molar-refractivity contribution in [3.8, 4) is 0 Å². The number of hydrogen-bond donors (Lipinski definition) is 0. The molecule has 0 bridgehead atoms. The number of allylic oxidation sites excluding steroid dienone is 8. The van der Waals surface area contributed by atoms with Crippen LogP contribution in [0.2, 0.25) is 0 Å². The van der Waals surface area contributed by atoms with E-state index in [9.17, 15) is 0 Å². The van der Waals surface area contributed by atoms with E-state index in [1.165, 1.54) is 56.2 Å². The summed E-state index contributed by atoms with van der Waals surface area (Å²) in [5, 5.41) is 0.879. The molecule has 0 atom stereocenters. The van der Waals surface area contributed by atoms with Gasteiger partial charge in [-0.3, -0.25) is 0 Å². The fourth-order valence-corrected chi connectivity index (χ4v) is 7.11. The predicted molar refractivity (Wildman–Crippen MR) is 177 cm³/mol. The summed E-state index contributed by atoms with van der Waals surface area (Å²) in [5.41, 5.74) is 12.6. The Balaban J connectivity index is 1.47. The van der Waals surface area contributed by atoms with E-state index >= 15 is 0 Å². The van der Waals surface area contributed by atoms with E-state index < -0.39 is 0 Å². The SMILES string of the molecule is COCCN1/C(=C/C=C2\CCC(/C=C/C3=[N+](CCOC)c4ccc(C)cc4C3(C)C)=C2Cl)C(C)(C)c2cc(C)ccc21. The van der Waals surface area contributed by atoms with Gasteiger partial charge in [0.15, 0.2) is 12.3 Å². The van der Waals surface area contributed by atoms with Crippen LogP contribution in [0.1, 0.15) is 62.8 Å². The molecule has 42 heavy (non-hydrogen) atoms. The second-order valence-electron chi connectivity index (χ2n) is 12.9. The van der Waals surface area contributed by atoms with E-state index in [1.807, 2.05) is 0 Å². The molecule has 0 saturated heterocycles. The van der Waals surface area contributed by atoms with Crippen molar-refractivity contribution in [3.05, 3.63) is 105 Å². The van der Waals surface area contributed by atoms with Gasteiger partial charge in [0, 0.05) is 60.3 Å². The Morgan fingerprint density at radius 3 is 2.26 bits per heavy atom. The van der Waals surface area contributed by atoms with Crippen molar-refractivity contribution in [1.82, 2.24) is 0 Å². The highest BCUT2D eigenvalue weighted by Gasteiger charge is 2.44. The van der Waals surface area contributed by atoms with Crippen molar-refractivity contribution in [2.75, 3.05) is 45.4 Å². The van der Waals surface area contributed by atoms with Crippen LogP contribution in [0, 0.1) is 13.8 Å². The molecule has 0 N–H and O–H groups in total. The molecular formula is C37H46ClN2O2+. The van der Waals surface area contributed by atoms with Gasteiger partial charge in [0.1, 0.15) is 6.61 Å². The summed E-state index contributed by atoms with van der Waals surface area (Å²) in [6, 6.07) is 13.5. The van der Waals surface area contributed by atoms with Gasteiger partial charge in [-0.05, 0) is 75.5 Å². The summed E-state index contributed by atoms with van der Waals surface area (Å²) in [7, 11) is 3.53. The summed E-state index contributed by atoms with van der Waals surface area (Å²) < 4.78 is 13.4. The van der Waals surface area contributed by atoms with Gasteiger partial charge in [0.05, 0.1) is 12.0 Å². The first-order valence-electron chi connectivity index (χ1n) is 15.1. The minimum absolute atomic E-state index is 0.104. The lowest BCUT2D eigenvalue weighted by Crippen LogP contribution is -2.28. The number of methoxy groups -OCH3 is 2. The monoisotopic (exact) mass is 585 g/mol. The fourth-order valence-electron chi connectivity index (χ4n) is 6.79. The lowest BCUT2D eigenvalue weighted by Gasteiger charge is -2.26. The number of hydrogen-bond acceptors (Lipinski definition) is 3. The van der Waals surface area contributed by atoms with Crippen molar-refractivity contribution in [3.63, 3.8) is 0 Å². The molecule has 0 radical (unpaired) electrons. The number of rotatable bonds is 9. The number of halogens is 1. The number of benzene rings is 2. The van der Waals surface area contributed by atoms with E-state index in [0.717, 1.165) is 31.0 Å². The maximum Gasteiger partial charge on any atom is 0.209 e. The maximum atomic E-state index is 7.07. The molecule has 2 heterocycles. The van der Waals surface area contributed by atoms with Gasteiger partial charge >= 0.3 is 0 Å². The normalized spacial score (nSPS) is 21.0. The van der Waals surface area contributed by atoms with Crippen LogP contribution in [0.15, 0.2) is 82.6 Å². The third-order valence-electron chi connectivity index (χ3n) is 9.25. The molecule has 5 heteroatoms. The van der Waals surface area contributed by atoms with Crippen molar-refractivity contribution in [1.29, 1.82) is 0 Å². The molecule has 222 valence electrons. The standard InChI is InChI=1S/C37H46ClN2O2/c1-25-9-15-31-29(23-25)36(3,4)33(39(31)19-21-41-7)17-13-27-11-12-28(35(27)38)14-18-34-37(5,6)30-24-26(2)10-16-32(30)40(34)20-22-42-8/h9-10,13-18,23-24H,11-12,19-22H2,1-8H3/q+1. The summed E-state index contributed by atoms with van der Waals surface area (Å²) >= 11 is 7.07. The zero-order valence-corrected chi connectivity index (χ0v) is 27.4. The molecule has 2 aromatic rings. The van der Waals surface area contributed by atoms with Crippen LogP contribution in [-0.4, -0.2) is 50.8 Å². The molecule has 4 nitrogen and oxygen atoms in total. The molecule has 3 aliphatic rings. The van der Waals surface area contributed by atoms with Gasteiger partial charge in [-0.25, -0.2) is 0 Å². The third-order valence-corrected chi connectivity index (χ3v) is 9.73. The summed E-state index contributed by atoms with van der Waals surface area (Å²) in [6.07, 6.45) is 11.0. The zero-order chi connectivity index (χ0) is 30.2. The first kappa shape index (κ1) is 30.5. The topological polar surface area (TPSA) is 24.7 Å². The Morgan fingerprint density at radius 2 is 1.55 bits per heavy atom. The zero-order valence-electron chi connectivity index (χ0n) is 26.6. The largest absolute Gasteiger partial charge is 0.383 e. The lowest BCUT2D eigenvalue weighted by molar-refractivity contribution is -0.441. The number of aryl methyl sites for hydroxylation is 2. The summed E-state index contributed by atoms with van der Waals surface area (Å²) in [6.45, 7) is 16.6. The average Bonchev–Trinajstić information content (AvgIpc) is 3.48. The Labute approximate surface area is 257 Å². The van der Waals surface area contributed by atoms with E-state index in [0.29, 0.717) is 13.2 Å². The number of nitrogens with zero attached hydrogens (tertiary/aromatic N) is 2. The lowest BCUT2D eigenvalue weighted by atomic mass is 9.81. The predicted octanol–water partition coefficient (Wildman–Crippen LogP) is 8.42. The van der Waals surface area contributed by atoms with E-state index in [1.54, 1.807) is 14.2 Å². The van der Waals surface area contributed by atoms with Crippen molar-refractivity contribution >= 4 is 28.7 Å². The van der Waals surface area contributed by atoms with Crippen LogP contribution in [0.5, 0.6) is 0 Å². The van der Waals surface area contributed by atoms with Crippen LogP contribution in [0.25, 0.3) is 0 Å². The molecular weight excluding hydrogens is 540 g/mol. The van der Waals surface area contributed by atoms with Gasteiger partial charge in [0.25, 0.3) is 0 Å². The molecule has 1 aliphatic carbocycles. The second kappa shape index (κ2) is 12.0. The number of anilines is 1. The molecule has 2 aromatic carbocycles. The van der Waals surface area contributed by atoms with Crippen LogP contribution >= 0.6 is 11.6 Å². The van der Waals surface area contributed by atoms with Crippen LogP contribution in [0.4, 0.5) is 11.4 Å².